The van der Waals surface area contributed by atoms with E-state index in [2.05, 4.69) is 10.3 Å². The Morgan fingerprint density at radius 3 is 2.53 bits per heavy atom. The van der Waals surface area contributed by atoms with Crippen LogP contribution in [0.25, 0.3) is 0 Å². The SMILES string of the molecule is O=Cc1[nH]c(C=O)c2c1CCCNC2=O. The fourth-order valence-electron chi connectivity index (χ4n) is 1.84. The quantitative estimate of drug-likeness (QED) is 0.684. The molecule has 2 rings (SSSR count). The Hall–Kier alpha value is -1.91. The number of amides is 1. The van der Waals surface area contributed by atoms with Gasteiger partial charge in [0.15, 0.2) is 12.6 Å². The average Bonchev–Trinajstić information content (AvgIpc) is 2.51. The molecule has 2 heterocycles. The molecule has 0 saturated carbocycles. The number of nitrogens with one attached hydrogen (secondary N) is 2. The van der Waals surface area contributed by atoms with Crippen molar-refractivity contribution in [3.8, 4) is 0 Å². The summed E-state index contributed by atoms with van der Waals surface area (Å²) < 4.78 is 0. The molecule has 78 valence electrons. The lowest BCUT2D eigenvalue weighted by Gasteiger charge is -1.98. The summed E-state index contributed by atoms with van der Waals surface area (Å²) in [5.41, 5.74) is 1.50. The Labute approximate surface area is 85.9 Å². The second kappa shape index (κ2) is 3.68. The highest BCUT2D eigenvalue weighted by molar-refractivity contribution is 6.04. The molecule has 1 aliphatic rings. The molecule has 15 heavy (non-hydrogen) atoms. The summed E-state index contributed by atoms with van der Waals surface area (Å²) in [6, 6.07) is 0. The number of carbonyl (C=O) groups is 3. The first-order valence-corrected chi connectivity index (χ1v) is 4.71. The maximum absolute atomic E-state index is 11.6. The van der Waals surface area contributed by atoms with E-state index in [0.717, 1.165) is 6.42 Å². The second-order valence-electron chi connectivity index (χ2n) is 3.40. The van der Waals surface area contributed by atoms with Gasteiger partial charge in [-0.2, -0.15) is 0 Å². The molecule has 0 bridgehead atoms. The Morgan fingerprint density at radius 1 is 1.13 bits per heavy atom. The van der Waals surface area contributed by atoms with Crippen LogP contribution in [0.1, 0.15) is 43.3 Å². The van der Waals surface area contributed by atoms with Crippen molar-refractivity contribution in [2.75, 3.05) is 6.54 Å². The number of aldehydes is 2. The van der Waals surface area contributed by atoms with Gasteiger partial charge in [0.25, 0.3) is 5.91 Å². The Balaban J connectivity index is 2.63. The smallest absolute Gasteiger partial charge is 0.253 e. The molecule has 0 unspecified atom stereocenters. The van der Waals surface area contributed by atoms with Gasteiger partial charge in [-0.15, -0.1) is 0 Å². The average molecular weight is 206 g/mol. The van der Waals surface area contributed by atoms with E-state index in [-0.39, 0.29) is 11.6 Å². The van der Waals surface area contributed by atoms with Gasteiger partial charge in [-0.3, -0.25) is 14.4 Å². The summed E-state index contributed by atoms with van der Waals surface area (Å²) in [7, 11) is 0. The third kappa shape index (κ3) is 1.45. The fourth-order valence-corrected chi connectivity index (χ4v) is 1.84. The maximum atomic E-state index is 11.6. The van der Waals surface area contributed by atoms with Crippen LogP contribution in [0.3, 0.4) is 0 Å². The number of rotatable bonds is 2. The van der Waals surface area contributed by atoms with Crippen LogP contribution in [0.5, 0.6) is 0 Å². The van der Waals surface area contributed by atoms with E-state index >= 15 is 0 Å². The maximum Gasteiger partial charge on any atom is 0.253 e. The zero-order chi connectivity index (χ0) is 10.8. The molecule has 0 radical (unpaired) electrons. The van der Waals surface area contributed by atoms with Crippen LogP contribution in [0.2, 0.25) is 0 Å². The highest BCUT2D eigenvalue weighted by Gasteiger charge is 2.24. The topological polar surface area (TPSA) is 79.0 Å². The third-order valence-corrected chi connectivity index (χ3v) is 2.52. The van der Waals surface area contributed by atoms with Gasteiger partial charge in [-0.05, 0) is 18.4 Å². The first-order valence-electron chi connectivity index (χ1n) is 4.71. The van der Waals surface area contributed by atoms with Gasteiger partial charge in [-0.25, -0.2) is 0 Å². The Kier molecular flexibility index (Phi) is 2.37. The van der Waals surface area contributed by atoms with Crippen molar-refractivity contribution in [1.82, 2.24) is 10.3 Å². The Morgan fingerprint density at radius 2 is 1.87 bits per heavy atom. The predicted molar refractivity (Wildman–Crippen MR) is 52.2 cm³/mol. The summed E-state index contributed by atoms with van der Waals surface area (Å²) in [4.78, 5) is 35.7. The number of H-pyrrole nitrogens is 1. The molecule has 0 fully saturated rings. The number of aromatic amines is 1. The molecule has 0 saturated heterocycles. The lowest BCUT2D eigenvalue weighted by Crippen LogP contribution is -2.23. The van der Waals surface area contributed by atoms with Crippen molar-refractivity contribution in [1.29, 1.82) is 0 Å². The second-order valence-corrected chi connectivity index (χ2v) is 3.40. The molecule has 5 heteroatoms. The predicted octanol–water partition coefficient (Wildman–Crippen LogP) is 0.316. The fraction of sp³-hybridized carbons (Fsp3) is 0.300. The van der Waals surface area contributed by atoms with Crippen molar-refractivity contribution in [3.05, 3.63) is 22.5 Å². The van der Waals surface area contributed by atoms with Gasteiger partial charge < -0.3 is 10.3 Å². The number of aromatic nitrogens is 1. The summed E-state index contributed by atoms with van der Waals surface area (Å²) in [6.07, 6.45) is 2.61. The molecule has 5 nitrogen and oxygen atoms in total. The summed E-state index contributed by atoms with van der Waals surface area (Å²) in [5.74, 6) is -0.283. The van der Waals surface area contributed by atoms with E-state index in [0.29, 0.717) is 42.4 Å². The molecular formula is C10H10N2O3. The Bertz CT molecular complexity index is 434. The molecule has 1 aromatic heterocycles. The number of fused-ring (bicyclic) bond motifs is 1. The highest BCUT2D eigenvalue weighted by Crippen LogP contribution is 2.20. The van der Waals surface area contributed by atoms with E-state index in [1.54, 1.807) is 0 Å². The van der Waals surface area contributed by atoms with Crippen molar-refractivity contribution < 1.29 is 14.4 Å². The van der Waals surface area contributed by atoms with Crippen molar-refractivity contribution in [2.45, 2.75) is 12.8 Å². The third-order valence-electron chi connectivity index (χ3n) is 2.52. The van der Waals surface area contributed by atoms with Gasteiger partial charge in [-0.1, -0.05) is 0 Å². The van der Waals surface area contributed by atoms with Crippen molar-refractivity contribution in [3.63, 3.8) is 0 Å². The first-order chi connectivity index (χ1) is 7.27. The molecule has 0 spiro atoms. The minimum Gasteiger partial charge on any atom is -0.352 e. The molecule has 0 atom stereocenters. The van der Waals surface area contributed by atoms with Crippen LogP contribution >= 0.6 is 0 Å². The van der Waals surface area contributed by atoms with Crippen LogP contribution < -0.4 is 5.32 Å². The van der Waals surface area contributed by atoms with E-state index < -0.39 is 0 Å². The molecule has 0 aliphatic carbocycles. The summed E-state index contributed by atoms with van der Waals surface area (Å²) >= 11 is 0. The van der Waals surface area contributed by atoms with E-state index in [9.17, 15) is 14.4 Å². The van der Waals surface area contributed by atoms with Gasteiger partial charge in [0.2, 0.25) is 0 Å². The van der Waals surface area contributed by atoms with Crippen molar-refractivity contribution in [2.24, 2.45) is 0 Å². The van der Waals surface area contributed by atoms with Crippen LogP contribution in [0.15, 0.2) is 0 Å². The molecule has 2 N–H and O–H groups in total. The lowest BCUT2D eigenvalue weighted by atomic mass is 10.1. The normalized spacial score (nSPS) is 15.1. The monoisotopic (exact) mass is 206 g/mol. The zero-order valence-corrected chi connectivity index (χ0v) is 8.00. The van der Waals surface area contributed by atoms with Crippen LogP contribution in [-0.4, -0.2) is 30.0 Å². The molecule has 1 aliphatic heterocycles. The number of carbonyl (C=O) groups excluding carboxylic acids is 3. The first kappa shape index (κ1) is 9.64. The summed E-state index contributed by atoms with van der Waals surface area (Å²) in [6.45, 7) is 0.574. The molecule has 1 aromatic rings. The number of hydrogen-bond acceptors (Lipinski definition) is 3. The van der Waals surface area contributed by atoms with E-state index in [4.69, 9.17) is 0 Å². The van der Waals surface area contributed by atoms with Gasteiger partial charge in [0.05, 0.1) is 17.0 Å². The lowest BCUT2D eigenvalue weighted by molar-refractivity contribution is 0.0950. The van der Waals surface area contributed by atoms with Crippen LogP contribution in [0, 0.1) is 0 Å². The highest BCUT2D eigenvalue weighted by atomic mass is 16.2. The van der Waals surface area contributed by atoms with E-state index in [1.807, 2.05) is 0 Å². The minimum atomic E-state index is -0.283. The largest absolute Gasteiger partial charge is 0.352 e. The van der Waals surface area contributed by atoms with Crippen LogP contribution in [-0.2, 0) is 6.42 Å². The van der Waals surface area contributed by atoms with Gasteiger partial charge in [0, 0.05) is 6.54 Å². The van der Waals surface area contributed by atoms with Gasteiger partial charge >= 0.3 is 0 Å². The molecule has 0 aromatic carbocycles. The van der Waals surface area contributed by atoms with Crippen LogP contribution in [0.4, 0.5) is 0 Å². The van der Waals surface area contributed by atoms with E-state index in [1.165, 1.54) is 0 Å². The van der Waals surface area contributed by atoms with Crippen molar-refractivity contribution >= 4 is 18.5 Å². The minimum absolute atomic E-state index is 0.187. The summed E-state index contributed by atoms with van der Waals surface area (Å²) in [5, 5.41) is 2.68. The molecular weight excluding hydrogens is 196 g/mol. The zero-order valence-electron chi connectivity index (χ0n) is 8.00. The number of hydrogen-bond donors (Lipinski definition) is 2. The van der Waals surface area contributed by atoms with Gasteiger partial charge in [0.1, 0.15) is 0 Å². The molecule has 1 amide bonds. The standard InChI is InChI=1S/C10H10N2O3/c13-4-7-6-2-1-3-11-10(15)9(6)8(5-14)12-7/h4-5,12H,1-3H2,(H,11,15).